The summed E-state index contributed by atoms with van der Waals surface area (Å²) in [5.41, 5.74) is 2.12. The van der Waals surface area contributed by atoms with Crippen LogP contribution >= 0.6 is 0 Å². The van der Waals surface area contributed by atoms with Crippen LogP contribution in [-0.2, 0) is 17.9 Å². The third-order valence-electron chi connectivity index (χ3n) is 4.69. The maximum absolute atomic E-state index is 12.8. The van der Waals surface area contributed by atoms with E-state index < -0.39 is 0 Å². The lowest BCUT2D eigenvalue weighted by molar-refractivity contribution is -0.132. The summed E-state index contributed by atoms with van der Waals surface area (Å²) < 4.78 is 16.1. The Labute approximate surface area is 160 Å². The minimum Gasteiger partial charge on any atom is -0.497 e. The maximum atomic E-state index is 12.8. The van der Waals surface area contributed by atoms with Crippen LogP contribution in [0, 0.1) is 0 Å². The highest BCUT2D eigenvalue weighted by Gasteiger charge is 2.18. The summed E-state index contributed by atoms with van der Waals surface area (Å²) in [5.74, 6) is 2.50. The number of carbonyl (C=O) groups is 1. The third kappa shape index (κ3) is 5.16. The Balaban J connectivity index is 1.72. The first-order valence-corrected chi connectivity index (χ1v) is 9.49. The van der Waals surface area contributed by atoms with Crippen molar-refractivity contribution < 1.29 is 19.0 Å². The molecule has 1 amide bonds. The predicted molar refractivity (Wildman–Crippen MR) is 104 cm³/mol. The molecule has 0 N–H and O–H groups in total. The van der Waals surface area contributed by atoms with Crippen molar-refractivity contribution in [1.29, 1.82) is 0 Å². The molecule has 5 heteroatoms. The van der Waals surface area contributed by atoms with Crippen molar-refractivity contribution in [1.82, 2.24) is 4.90 Å². The van der Waals surface area contributed by atoms with Gasteiger partial charge in [-0.05, 0) is 41.8 Å². The highest BCUT2D eigenvalue weighted by atomic mass is 16.7. The second kappa shape index (κ2) is 9.31. The topological polar surface area (TPSA) is 48.0 Å². The first-order valence-electron chi connectivity index (χ1n) is 9.49. The lowest BCUT2D eigenvalue weighted by atomic mass is 10.1. The highest BCUT2D eigenvalue weighted by Crippen LogP contribution is 2.33. The zero-order chi connectivity index (χ0) is 19.1. The molecule has 1 aliphatic heterocycles. The van der Waals surface area contributed by atoms with E-state index >= 15 is 0 Å². The number of rotatable bonds is 9. The summed E-state index contributed by atoms with van der Waals surface area (Å²) in [5, 5.41) is 0. The van der Waals surface area contributed by atoms with Crippen LogP contribution in [-0.4, -0.2) is 24.7 Å². The molecule has 0 spiro atoms. The van der Waals surface area contributed by atoms with Crippen LogP contribution in [0.3, 0.4) is 0 Å². The van der Waals surface area contributed by atoms with Crippen molar-refractivity contribution in [2.75, 3.05) is 13.9 Å². The van der Waals surface area contributed by atoms with Gasteiger partial charge in [0.15, 0.2) is 11.5 Å². The molecule has 0 saturated heterocycles. The van der Waals surface area contributed by atoms with Gasteiger partial charge in [0.05, 0.1) is 7.11 Å². The number of carbonyl (C=O) groups excluding carboxylic acids is 1. The maximum Gasteiger partial charge on any atom is 0.231 e. The zero-order valence-electron chi connectivity index (χ0n) is 16.1. The van der Waals surface area contributed by atoms with Gasteiger partial charge < -0.3 is 19.1 Å². The number of amides is 1. The fourth-order valence-corrected chi connectivity index (χ4v) is 3.13. The first-order chi connectivity index (χ1) is 13.2. The molecule has 144 valence electrons. The number of hydrogen-bond acceptors (Lipinski definition) is 4. The molecular weight excluding hydrogens is 342 g/mol. The molecule has 0 atom stereocenters. The molecule has 0 aromatic heterocycles. The minimum absolute atomic E-state index is 0.178. The zero-order valence-corrected chi connectivity index (χ0v) is 16.1. The summed E-state index contributed by atoms with van der Waals surface area (Å²) in [7, 11) is 1.65. The standard InChI is InChI=1S/C22H27NO4/c1-3-4-5-6-22(24)23(14-17-7-10-19(25-2)11-8-17)15-18-9-12-20-21(13-18)27-16-26-20/h7-13H,3-6,14-16H2,1-2H3. The van der Waals surface area contributed by atoms with Crippen LogP contribution in [0.2, 0.25) is 0 Å². The van der Waals surface area contributed by atoms with Gasteiger partial charge in [-0.1, -0.05) is 38.0 Å². The Morgan fingerprint density at radius 2 is 1.70 bits per heavy atom. The fourth-order valence-electron chi connectivity index (χ4n) is 3.13. The average molecular weight is 369 g/mol. The average Bonchev–Trinajstić information content (AvgIpc) is 3.16. The normalized spacial score (nSPS) is 12.1. The van der Waals surface area contributed by atoms with Crippen LogP contribution in [0.15, 0.2) is 42.5 Å². The van der Waals surface area contributed by atoms with Gasteiger partial charge in [-0.15, -0.1) is 0 Å². The van der Waals surface area contributed by atoms with Gasteiger partial charge in [0, 0.05) is 19.5 Å². The van der Waals surface area contributed by atoms with Gasteiger partial charge in [0.2, 0.25) is 12.7 Å². The van der Waals surface area contributed by atoms with E-state index in [9.17, 15) is 4.79 Å². The minimum atomic E-state index is 0.178. The van der Waals surface area contributed by atoms with Crippen LogP contribution < -0.4 is 14.2 Å². The summed E-state index contributed by atoms with van der Waals surface area (Å²) in [6, 6.07) is 13.7. The lowest BCUT2D eigenvalue weighted by Crippen LogP contribution is -2.29. The van der Waals surface area contributed by atoms with Crippen LogP contribution in [0.1, 0.15) is 43.7 Å². The molecule has 2 aromatic carbocycles. The van der Waals surface area contributed by atoms with E-state index in [1.165, 1.54) is 0 Å². The molecule has 1 aliphatic rings. The van der Waals surface area contributed by atoms with Crippen molar-refractivity contribution in [3.8, 4) is 17.2 Å². The van der Waals surface area contributed by atoms with Crippen LogP contribution in [0.25, 0.3) is 0 Å². The van der Waals surface area contributed by atoms with E-state index in [0.717, 1.165) is 47.6 Å². The number of ether oxygens (including phenoxy) is 3. The van der Waals surface area contributed by atoms with Crippen molar-refractivity contribution in [2.24, 2.45) is 0 Å². The van der Waals surface area contributed by atoms with Gasteiger partial charge in [-0.3, -0.25) is 4.79 Å². The predicted octanol–water partition coefficient (Wildman–Crippen LogP) is 4.53. The van der Waals surface area contributed by atoms with Crippen molar-refractivity contribution in [2.45, 2.75) is 45.7 Å². The third-order valence-corrected chi connectivity index (χ3v) is 4.69. The van der Waals surface area contributed by atoms with E-state index in [1.54, 1.807) is 7.11 Å². The summed E-state index contributed by atoms with van der Waals surface area (Å²) in [4.78, 5) is 14.7. The van der Waals surface area contributed by atoms with Crippen molar-refractivity contribution in [3.05, 3.63) is 53.6 Å². The molecule has 3 rings (SSSR count). The Morgan fingerprint density at radius 1 is 1.00 bits per heavy atom. The molecule has 0 unspecified atom stereocenters. The van der Waals surface area contributed by atoms with E-state index in [-0.39, 0.29) is 12.7 Å². The van der Waals surface area contributed by atoms with E-state index in [2.05, 4.69) is 6.92 Å². The molecule has 1 heterocycles. The molecular formula is C22H27NO4. The lowest BCUT2D eigenvalue weighted by Gasteiger charge is -2.23. The molecule has 0 radical (unpaired) electrons. The van der Waals surface area contributed by atoms with Crippen LogP contribution in [0.5, 0.6) is 17.2 Å². The monoisotopic (exact) mass is 369 g/mol. The molecule has 5 nitrogen and oxygen atoms in total. The Morgan fingerprint density at radius 3 is 2.44 bits per heavy atom. The molecule has 0 bridgehead atoms. The Bertz CT molecular complexity index is 757. The summed E-state index contributed by atoms with van der Waals surface area (Å²) in [6.45, 7) is 3.52. The number of fused-ring (bicyclic) bond motifs is 1. The number of methoxy groups -OCH3 is 1. The second-order valence-corrected chi connectivity index (χ2v) is 6.74. The smallest absolute Gasteiger partial charge is 0.231 e. The number of benzene rings is 2. The van der Waals surface area contributed by atoms with Gasteiger partial charge >= 0.3 is 0 Å². The van der Waals surface area contributed by atoms with Crippen molar-refractivity contribution in [3.63, 3.8) is 0 Å². The number of nitrogens with zero attached hydrogens (tertiary/aromatic N) is 1. The fraction of sp³-hybridized carbons (Fsp3) is 0.409. The first kappa shape index (κ1) is 19.1. The molecule has 0 saturated carbocycles. The van der Waals surface area contributed by atoms with Crippen LogP contribution in [0.4, 0.5) is 0 Å². The molecule has 0 aliphatic carbocycles. The number of hydrogen-bond donors (Lipinski definition) is 0. The van der Waals surface area contributed by atoms with Gasteiger partial charge in [-0.2, -0.15) is 0 Å². The Kier molecular flexibility index (Phi) is 6.58. The van der Waals surface area contributed by atoms with E-state index in [4.69, 9.17) is 14.2 Å². The van der Waals surface area contributed by atoms with E-state index in [0.29, 0.717) is 19.5 Å². The van der Waals surface area contributed by atoms with Gasteiger partial charge in [0.1, 0.15) is 5.75 Å². The molecule has 0 fully saturated rings. The largest absolute Gasteiger partial charge is 0.497 e. The molecule has 27 heavy (non-hydrogen) atoms. The Hall–Kier alpha value is -2.69. The van der Waals surface area contributed by atoms with Gasteiger partial charge in [-0.25, -0.2) is 0 Å². The second-order valence-electron chi connectivity index (χ2n) is 6.74. The van der Waals surface area contributed by atoms with Crippen molar-refractivity contribution >= 4 is 5.91 Å². The number of unbranched alkanes of at least 4 members (excludes halogenated alkanes) is 2. The molecule has 2 aromatic rings. The SMILES string of the molecule is CCCCCC(=O)N(Cc1ccc(OC)cc1)Cc1ccc2c(c1)OCO2. The quantitative estimate of drug-likeness (QED) is 0.609. The summed E-state index contributed by atoms with van der Waals surface area (Å²) >= 11 is 0. The van der Waals surface area contributed by atoms with Gasteiger partial charge in [0.25, 0.3) is 0 Å². The van der Waals surface area contributed by atoms with E-state index in [1.807, 2.05) is 47.4 Å². The summed E-state index contributed by atoms with van der Waals surface area (Å²) in [6.07, 6.45) is 3.68. The highest BCUT2D eigenvalue weighted by molar-refractivity contribution is 5.76.